The summed E-state index contributed by atoms with van der Waals surface area (Å²) in [5, 5.41) is 3.80. The highest BCUT2D eigenvalue weighted by Crippen LogP contribution is 2.28. The maximum Gasteiger partial charge on any atom is 0.119 e. The predicted molar refractivity (Wildman–Crippen MR) is 115 cm³/mol. The Morgan fingerprint density at radius 1 is 0.966 bits per heavy atom. The minimum Gasteiger partial charge on any atom is -0.323 e. The van der Waals surface area contributed by atoms with Crippen LogP contribution in [-0.4, -0.2) is 38.0 Å². The van der Waals surface area contributed by atoms with Crippen molar-refractivity contribution in [3.8, 4) is 0 Å². The van der Waals surface area contributed by atoms with Crippen molar-refractivity contribution in [2.45, 2.75) is 13.0 Å². The van der Waals surface area contributed by atoms with Crippen molar-refractivity contribution < 1.29 is 0 Å². The van der Waals surface area contributed by atoms with Gasteiger partial charge in [-0.1, -0.05) is 18.2 Å². The number of hydrogen-bond donors (Lipinski definition) is 1. The molecule has 0 unspecified atom stereocenters. The Morgan fingerprint density at radius 3 is 2.21 bits per heavy atom. The van der Waals surface area contributed by atoms with Gasteiger partial charge in [0.15, 0.2) is 0 Å². The molecule has 0 saturated carbocycles. The zero-order chi connectivity index (χ0) is 20.2. The molecule has 0 amide bonds. The molecule has 0 radical (unpaired) electrons. The van der Waals surface area contributed by atoms with Crippen molar-refractivity contribution >= 4 is 22.5 Å². The summed E-state index contributed by atoms with van der Waals surface area (Å²) in [4.78, 5) is 18.1. The van der Waals surface area contributed by atoms with Crippen LogP contribution in [0.15, 0.2) is 83.4 Å². The summed E-state index contributed by atoms with van der Waals surface area (Å²) in [5.74, 6) is 5.48. The lowest BCUT2D eigenvalue weighted by molar-refractivity contribution is 0.657. The topological polar surface area (TPSA) is 94.3 Å². The Hall–Kier alpha value is -3.87. The van der Waals surface area contributed by atoms with E-state index in [0.29, 0.717) is 5.71 Å². The predicted octanol–water partition coefficient (Wildman–Crippen LogP) is 3.22. The first kappa shape index (κ1) is 18.5. The fraction of sp³-hybridized carbons (Fsp3) is 0.136. The van der Waals surface area contributed by atoms with Gasteiger partial charge in [0, 0.05) is 25.0 Å². The first-order valence-electron chi connectivity index (χ1n) is 9.23. The number of rotatable bonds is 5. The van der Waals surface area contributed by atoms with E-state index in [-0.39, 0.29) is 6.04 Å². The molecule has 4 rings (SSSR count). The normalized spacial score (nSPS) is 12.7. The molecule has 3 aromatic heterocycles. The van der Waals surface area contributed by atoms with E-state index in [1.165, 1.54) is 0 Å². The largest absolute Gasteiger partial charge is 0.323 e. The number of imidazole rings is 1. The monoisotopic (exact) mass is 383 g/mol. The number of aliphatic imine (C=N–C) groups is 1. The van der Waals surface area contributed by atoms with Crippen LogP contribution in [0.25, 0.3) is 11.0 Å². The molecule has 7 nitrogen and oxygen atoms in total. The summed E-state index contributed by atoms with van der Waals surface area (Å²) in [7, 11) is 1.73. The van der Waals surface area contributed by atoms with E-state index in [9.17, 15) is 0 Å². The fourth-order valence-electron chi connectivity index (χ4n) is 3.45. The lowest BCUT2D eigenvalue weighted by atomic mass is 10.0. The van der Waals surface area contributed by atoms with Gasteiger partial charge in [-0.05, 0) is 43.3 Å². The first-order chi connectivity index (χ1) is 14.2. The van der Waals surface area contributed by atoms with Crippen LogP contribution >= 0.6 is 0 Å². The lowest BCUT2D eigenvalue weighted by Crippen LogP contribution is -2.16. The maximum absolute atomic E-state index is 5.48. The molecule has 7 heteroatoms. The summed E-state index contributed by atoms with van der Waals surface area (Å²) in [6.07, 6.45) is 5.41. The maximum atomic E-state index is 5.48. The van der Waals surface area contributed by atoms with Crippen LogP contribution in [0.1, 0.15) is 29.9 Å². The Kier molecular flexibility index (Phi) is 5.11. The van der Waals surface area contributed by atoms with Crippen LogP contribution in [0.5, 0.6) is 0 Å². The highest BCUT2D eigenvalue weighted by Gasteiger charge is 2.21. The number of fused-ring (bicyclic) bond motifs is 1. The molecule has 0 saturated heterocycles. The van der Waals surface area contributed by atoms with Gasteiger partial charge >= 0.3 is 0 Å². The molecular weight excluding hydrogens is 362 g/mol. The van der Waals surface area contributed by atoms with Crippen molar-refractivity contribution in [1.82, 2.24) is 19.5 Å². The van der Waals surface area contributed by atoms with Gasteiger partial charge in [-0.3, -0.25) is 15.0 Å². The van der Waals surface area contributed by atoms with E-state index in [1.807, 2.05) is 61.8 Å². The summed E-state index contributed by atoms with van der Waals surface area (Å²) < 4.78 is 2.09. The van der Waals surface area contributed by atoms with Crippen molar-refractivity contribution in [2.24, 2.45) is 15.9 Å². The smallest absolute Gasteiger partial charge is 0.119 e. The number of benzene rings is 1. The number of aromatic nitrogens is 4. The highest BCUT2D eigenvalue weighted by molar-refractivity contribution is 6.47. The molecule has 3 heterocycles. The molecule has 0 fully saturated rings. The van der Waals surface area contributed by atoms with Gasteiger partial charge in [0.05, 0.1) is 40.2 Å². The Morgan fingerprint density at radius 2 is 1.66 bits per heavy atom. The average molecular weight is 383 g/mol. The lowest BCUT2D eigenvalue weighted by Gasteiger charge is -2.19. The molecule has 2 N–H and O–H groups in total. The van der Waals surface area contributed by atoms with E-state index in [1.54, 1.807) is 19.4 Å². The Balaban J connectivity index is 1.92. The van der Waals surface area contributed by atoms with Crippen molar-refractivity contribution in [2.75, 3.05) is 7.05 Å². The molecule has 1 aromatic carbocycles. The van der Waals surface area contributed by atoms with E-state index in [2.05, 4.69) is 35.7 Å². The van der Waals surface area contributed by atoms with Crippen molar-refractivity contribution in [1.29, 1.82) is 0 Å². The Labute approximate surface area is 168 Å². The number of nitrogens with zero attached hydrogens (tertiary/aromatic N) is 6. The third-order valence-corrected chi connectivity index (χ3v) is 4.82. The number of hydrazone groups is 1. The molecule has 29 heavy (non-hydrogen) atoms. The number of pyridine rings is 2. The average Bonchev–Trinajstić information content (AvgIpc) is 3.19. The fourth-order valence-corrected chi connectivity index (χ4v) is 3.45. The highest BCUT2D eigenvalue weighted by atomic mass is 15.1. The van der Waals surface area contributed by atoms with Gasteiger partial charge in [-0.15, -0.1) is 0 Å². The second-order valence-electron chi connectivity index (χ2n) is 6.55. The number of nitrogens with two attached hydrogens (primary N) is 1. The van der Waals surface area contributed by atoms with Gasteiger partial charge in [-0.25, -0.2) is 4.98 Å². The van der Waals surface area contributed by atoms with E-state index < -0.39 is 0 Å². The van der Waals surface area contributed by atoms with Gasteiger partial charge in [0.25, 0.3) is 0 Å². The van der Waals surface area contributed by atoms with Crippen LogP contribution in [0, 0.1) is 0 Å². The van der Waals surface area contributed by atoms with E-state index in [4.69, 9.17) is 5.84 Å². The molecule has 0 bridgehead atoms. The SMILES string of the molecule is CN=C(C(C)=NN)c1ccc2ncn(C(c3ccccn3)c3ccccn3)c2c1. The summed E-state index contributed by atoms with van der Waals surface area (Å²) in [5.41, 5.74) is 5.95. The minimum atomic E-state index is -0.205. The van der Waals surface area contributed by atoms with Gasteiger partial charge in [-0.2, -0.15) is 5.10 Å². The molecule has 4 aromatic rings. The molecular formula is C22H21N7. The first-order valence-corrected chi connectivity index (χ1v) is 9.23. The van der Waals surface area contributed by atoms with Crippen molar-refractivity contribution in [3.63, 3.8) is 0 Å². The molecule has 0 aliphatic heterocycles. The molecule has 0 aliphatic carbocycles. The van der Waals surface area contributed by atoms with Gasteiger partial charge < -0.3 is 10.4 Å². The Bertz CT molecular complexity index is 1140. The summed E-state index contributed by atoms with van der Waals surface area (Å²) >= 11 is 0. The van der Waals surface area contributed by atoms with Crippen LogP contribution in [0.4, 0.5) is 0 Å². The quantitative estimate of drug-likeness (QED) is 0.325. The summed E-state index contributed by atoms with van der Waals surface area (Å²) in [6, 6.07) is 17.6. The number of hydrogen-bond acceptors (Lipinski definition) is 6. The van der Waals surface area contributed by atoms with Crippen LogP contribution < -0.4 is 5.84 Å². The standard InChI is InChI=1S/C22H21N7/c1-15(28-23)21(24-2)16-9-10-17-20(13-16)29(14-27-17)22(18-7-3-5-11-25-18)19-8-4-6-12-26-19/h3-14,22H,23H2,1-2H3. The molecule has 144 valence electrons. The third-order valence-electron chi connectivity index (χ3n) is 4.82. The minimum absolute atomic E-state index is 0.205. The third kappa shape index (κ3) is 3.50. The second-order valence-corrected chi connectivity index (χ2v) is 6.55. The van der Waals surface area contributed by atoms with Crippen LogP contribution in [-0.2, 0) is 0 Å². The van der Waals surface area contributed by atoms with Crippen LogP contribution in [0.3, 0.4) is 0 Å². The van der Waals surface area contributed by atoms with E-state index >= 15 is 0 Å². The van der Waals surface area contributed by atoms with E-state index in [0.717, 1.165) is 33.7 Å². The van der Waals surface area contributed by atoms with Crippen molar-refractivity contribution in [3.05, 3.63) is 90.3 Å². The second kappa shape index (κ2) is 8.02. The summed E-state index contributed by atoms with van der Waals surface area (Å²) in [6.45, 7) is 1.84. The van der Waals surface area contributed by atoms with Gasteiger partial charge in [0.1, 0.15) is 6.04 Å². The molecule has 0 aliphatic rings. The van der Waals surface area contributed by atoms with Gasteiger partial charge in [0.2, 0.25) is 0 Å². The zero-order valence-electron chi connectivity index (χ0n) is 16.3. The van der Waals surface area contributed by atoms with Crippen LogP contribution in [0.2, 0.25) is 0 Å². The zero-order valence-corrected chi connectivity index (χ0v) is 16.3. The molecule has 0 atom stereocenters. The molecule has 0 spiro atoms.